The van der Waals surface area contributed by atoms with Gasteiger partial charge in [0.05, 0.1) is 0 Å². The molecule has 2 aromatic carbocycles. The summed E-state index contributed by atoms with van der Waals surface area (Å²) in [6.45, 7) is 0. The van der Waals surface area contributed by atoms with Crippen LogP contribution in [0.2, 0.25) is 5.02 Å². The van der Waals surface area contributed by atoms with Crippen LogP contribution in [0.5, 0.6) is 0 Å². The largest absolute Gasteiger partial charge is 0.324 e. The van der Waals surface area contributed by atoms with E-state index in [4.69, 9.17) is 11.6 Å². The molecule has 0 bridgehead atoms. The predicted octanol–water partition coefficient (Wildman–Crippen LogP) is 3.15. The molecule has 0 aliphatic heterocycles. The van der Waals surface area contributed by atoms with Gasteiger partial charge in [0, 0.05) is 17.1 Å². The van der Waals surface area contributed by atoms with Crippen molar-refractivity contribution in [3.05, 3.63) is 81.2 Å². The fraction of sp³-hybridized carbons (Fsp3) is 0.0625. The fourth-order valence-corrected chi connectivity index (χ4v) is 2.12. The van der Waals surface area contributed by atoms with Crippen LogP contribution in [0.1, 0.15) is 11.3 Å². The molecule has 3 rings (SSSR count). The number of H-pyrrole nitrogens is 1. The van der Waals surface area contributed by atoms with Crippen molar-refractivity contribution >= 4 is 23.2 Å². The number of nitrogens with zero attached hydrogens (tertiary/aromatic N) is 2. The van der Waals surface area contributed by atoms with Gasteiger partial charge >= 0.3 is 0 Å². The molecule has 1 heterocycles. The van der Waals surface area contributed by atoms with Crippen LogP contribution in [0.4, 0.5) is 11.6 Å². The Hall–Kier alpha value is -2.66. The van der Waals surface area contributed by atoms with Crippen LogP contribution < -0.4 is 10.9 Å². The third kappa shape index (κ3) is 3.51. The zero-order valence-corrected chi connectivity index (χ0v) is 12.3. The summed E-state index contributed by atoms with van der Waals surface area (Å²) in [5.74, 6) is 0.295. The van der Waals surface area contributed by atoms with Crippen molar-refractivity contribution in [3.8, 4) is 0 Å². The molecule has 0 aliphatic carbocycles. The number of anilines is 2. The first-order valence-corrected chi connectivity index (χ1v) is 7.11. The van der Waals surface area contributed by atoms with E-state index >= 15 is 0 Å². The summed E-state index contributed by atoms with van der Waals surface area (Å²) >= 11 is 5.82. The van der Waals surface area contributed by atoms with Crippen LogP contribution in [0, 0.1) is 0 Å². The average Bonchev–Trinajstić information content (AvgIpc) is 2.53. The van der Waals surface area contributed by atoms with Gasteiger partial charge in [0.1, 0.15) is 5.69 Å². The van der Waals surface area contributed by atoms with Crippen LogP contribution in [0.15, 0.2) is 59.4 Å². The third-order valence-corrected chi connectivity index (χ3v) is 3.34. The van der Waals surface area contributed by atoms with Crippen molar-refractivity contribution in [2.24, 2.45) is 0 Å². The molecule has 0 aliphatic rings. The Bertz CT molecular complexity index is 816. The highest BCUT2D eigenvalue weighted by Crippen LogP contribution is 2.15. The van der Waals surface area contributed by atoms with E-state index in [0.29, 0.717) is 23.1 Å². The van der Waals surface area contributed by atoms with Crippen LogP contribution in [0.3, 0.4) is 0 Å². The van der Waals surface area contributed by atoms with E-state index in [9.17, 15) is 4.79 Å². The van der Waals surface area contributed by atoms with E-state index in [1.165, 1.54) is 0 Å². The Balaban J connectivity index is 1.77. The molecule has 0 atom stereocenters. The Labute approximate surface area is 132 Å². The number of hydrogen-bond donors (Lipinski definition) is 2. The lowest BCUT2D eigenvalue weighted by Crippen LogP contribution is -2.18. The molecule has 0 unspecified atom stereocenters. The first kappa shape index (κ1) is 14.3. The Morgan fingerprint density at radius 2 is 1.73 bits per heavy atom. The number of rotatable bonds is 4. The maximum atomic E-state index is 12.1. The Morgan fingerprint density at radius 1 is 1.00 bits per heavy atom. The predicted molar refractivity (Wildman–Crippen MR) is 86.6 cm³/mol. The molecule has 110 valence electrons. The SMILES string of the molecule is O=c1[nH]c(Nc2ccc(Cl)cc2)nnc1Cc1ccccc1. The minimum absolute atomic E-state index is 0.254. The minimum Gasteiger partial charge on any atom is -0.324 e. The summed E-state index contributed by atoms with van der Waals surface area (Å²) in [5.41, 5.74) is 1.91. The average molecular weight is 313 g/mol. The van der Waals surface area contributed by atoms with Gasteiger partial charge in [-0.3, -0.25) is 9.78 Å². The molecule has 0 fully saturated rings. The second-order valence-electron chi connectivity index (χ2n) is 4.74. The maximum Gasteiger partial charge on any atom is 0.274 e. The quantitative estimate of drug-likeness (QED) is 0.776. The molecular formula is C16H13ClN4O. The smallest absolute Gasteiger partial charge is 0.274 e. The number of aromatic amines is 1. The highest BCUT2D eigenvalue weighted by Gasteiger charge is 2.06. The summed E-state index contributed by atoms with van der Waals surface area (Å²) in [4.78, 5) is 14.8. The molecule has 3 aromatic rings. The van der Waals surface area contributed by atoms with Crippen LogP contribution in [-0.4, -0.2) is 15.2 Å². The number of hydrogen-bond acceptors (Lipinski definition) is 4. The molecule has 2 N–H and O–H groups in total. The van der Waals surface area contributed by atoms with Crippen LogP contribution in [0.25, 0.3) is 0 Å². The summed E-state index contributed by atoms with van der Waals surface area (Å²) in [6.07, 6.45) is 0.449. The molecule has 5 nitrogen and oxygen atoms in total. The summed E-state index contributed by atoms with van der Waals surface area (Å²) in [7, 11) is 0. The van der Waals surface area contributed by atoms with E-state index in [2.05, 4.69) is 20.5 Å². The second-order valence-corrected chi connectivity index (χ2v) is 5.18. The molecule has 0 saturated heterocycles. The number of benzene rings is 2. The summed E-state index contributed by atoms with van der Waals surface area (Å²) in [5, 5.41) is 11.6. The monoisotopic (exact) mass is 312 g/mol. The molecule has 6 heteroatoms. The van der Waals surface area contributed by atoms with E-state index < -0.39 is 0 Å². The normalized spacial score (nSPS) is 10.4. The van der Waals surface area contributed by atoms with Gasteiger partial charge in [0.15, 0.2) is 0 Å². The number of aromatic nitrogens is 3. The van der Waals surface area contributed by atoms with Gasteiger partial charge in [0.2, 0.25) is 5.95 Å². The molecule has 22 heavy (non-hydrogen) atoms. The standard InChI is InChI=1S/C16H13ClN4O/c17-12-6-8-13(9-7-12)18-16-19-15(22)14(20-21-16)10-11-4-2-1-3-5-11/h1-9H,10H2,(H2,18,19,21,22). The zero-order chi connectivity index (χ0) is 15.4. The lowest BCUT2D eigenvalue weighted by Gasteiger charge is -2.05. The topological polar surface area (TPSA) is 70.7 Å². The van der Waals surface area contributed by atoms with Gasteiger partial charge in [-0.2, -0.15) is 0 Å². The van der Waals surface area contributed by atoms with E-state index in [1.807, 2.05) is 30.3 Å². The first-order chi connectivity index (χ1) is 10.7. The Kier molecular flexibility index (Phi) is 4.16. The van der Waals surface area contributed by atoms with Gasteiger partial charge in [-0.15, -0.1) is 10.2 Å². The third-order valence-electron chi connectivity index (χ3n) is 3.09. The van der Waals surface area contributed by atoms with Crippen molar-refractivity contribution < 1.29 is 0 Å². The van der Waals surface area contributed by atoms with Crippen molar-refractivity contribution in [2.45, 2.75) is 6.42 Å². The van der Waals surface area contributed by atoms with Gasteiger partial charge < -0.3 is 5.32 Å². The van der Waals surface area contributed by atoms with Crippen molar-refractivity contribution in [3.63, 3.8) is 0 Å². The van der Waals surface area contributed by atoms with E-state index in [-0.39, 0.29) is 5.56 Å². The second kappa shape index (κ2) is 6.41. The number of halogens is 1. The molecule has 0 amide bonds. The van der Waals surface area contributed by atoms with Gasteiger partial charge in [-0.05, 0) is 29.8 Å². The highest BCUT2D eigenvalue weighted by molar-refractivity contribution is 6.30. The van der Waals surface area contributed by atoms with Crippen molar-refractivity contribution in [2.75, 3.05) is 5.32 Å². The summed E-state index contributed by atoms with van der Waals surface area (Å²) in [6, 6.07) is 16.8. The van der Waals surface area contributed by atoms with Gasteiger partial charge in [-0.1, -0.05) is 41.9 Å². The highest BCUT2D eigenvalue weighted by atomic mass is 35.5. The van der Waals surface area contributed by atoms with Crippen molar-refractivity contribution in [1.82, 2.24) is 15.2 Å². The van der Waals surface area contributed by atoms with Crippen LogP contribution >= 0.6 is 11.6 Å². The molecule has 0 spiro atoms. The van der Waals surface area contributed by atoms with E-state index in [1.54, 1.807) is 24.3 Å². The first-order valence-electron chi connectivity index (χ1n) is 6.73. The molecular weight excluding hydrogens is 300 g/mol. The van der Waals surface area contributed by atoms with Gasteiger partial charge in [-0.25, -0.2) is 0 Å². The van der Waals surface area contributed by atoms with Crippen LogP contribution in [-0.2, 0) is 6.42 Å². The van der Waals surface area contributed by atoms with E-state index in [0.717, 1.165) is 11.3 Å². The lowest BCUT2D eigenvalue weighted by molar-refractivity contribution is 0.874. The molecule has 0 radical (unpaired) electrons. The maximum absolute atomic E-state index is 12.1. The van der Waals surface area contributed by atoms with Gasteiger partial charge in [0.25, 0.3) is 5.56 Å². The zero-order valence-electron chi connectivity index (χ0n) is 11.6. The molecule has 1 aromatic heterocycles. The lowest BCUT2D eigenvalue weighted by atomic mass is 10.1. The fourth-order valence-electron chi connectivity index (χ4n) is 1.99. The molecule has 0 saturated carbocycles. The Morgan fingerprint density at radius 3 is 2.41 bits per heavy atom. The minimum atomic E-state index is -0.254. The summed E-state index contributed by atoms with van der Waals surface area (Å²) < 4.78 is 0. The van der Waals surface area contributed by atoms with Crippen molar-refractivity contribution in [1.29, 1.82) is 0 Å². The number of nitrogens with one attached hydrogen (secondary N) is 2.